The van der Waals surface area contributed by atoms with Crippen molar-refractivity contribution in [2.24, 2.45) is 0 Å². The second-order valence-corrected chi connectivity index (χ2v) is 7.42. The molecule has 3 aromatic carbocycles. The predicted octanol–water partition coefficient (Wildman–Crippen LogP) is 5.22. The molecule has 1 aromatic heterocycles. The summed E-state index contributed by atoms with van der Waals surface area (Å²) in [4.78, 5) is 17.8. The number of rotatable bonds is 6. The minimum absolute atomic E-state index is 0.296. The molecule has 0 saturated heterocycles. The van der Waals surface area contributed by atoms with Crippen LogP contribution in [0.25, 0.3) is 11.4 Å². The third-order valence-electron chi connectivity index (χ3n) is 4.84. The van der Waals surface area contributed by atoms with Crippen LogP contribution in [0.3, 0.4) is 0 Å². The summed E-state index contributed by atoms with van der Waals surface area (Å²) in [6.07, 6.45) is 0. The van der Waals surface area contributed by atoms with Crippen LogP contribution in [0.1, 0.15) is 21.5 Å². The smallest absolute Gasteiger partial charge is 0.281 e. The number of carbonyl (C=O) groups is 1. The highest BCUT2D eigenvalue weighted by Crippen LogP contribution is 2.22. The van der Waals surface area contributed by atoms with Gasteiger partial charge in [0, 0.05) is 22.7 Å². The minimum Gasteiger partial charge on any atom is -0.497 e. The van der Waals surface area contributed by atoms with Gasteiger partial charge in [-0.05, 0) is 42.8 Å². The summed E-state index contributed by atoms with van der Waals surface area (Å²) >= 11 is 6.27. The molecule has 0 spiro atoms. The maximum absolute atomic E-state index is 13.2. The molecule has 0 aliphatic rings. The molecule has 31 heavy (non-hydrogen) atoms. The number of hydrogen-bond donors (Lipinski definition) is 1. The zero-order valence-electron chi connectivity index (χ0n) is 17.2. The number of hydrogen-bond acceptors (Lipinski definition) is 5. The largest absolute Gasteiger partial charge is 0.497 e. The maximum Gasteiger partial charge on any atom is 0.281 e. The Morgan fingerprint density at radius 1 is 1.03 bits per heavy atom. The Labute approximate surface area is 185 Å². The lowest BCUT2D eigenvalue weighted by Gasteiger charge is -2.09. The first kappa shape index (κ1) is 20.6. The Bertz CT molecular complexity index is 1200. The van der Waals surface area contributed by atoms with Gasteiger partial charge in [0.1, 0.15) is 5.75 Å². The van der Waals surface area contributed by atoms with E-state index in [0.717, 1.165) is 16.7 Å². The van der Waals surface area contributed by atoms with Gasteiger partial charge in [-0.1, -0.05) is 59.6 Å². The van der Waals surface area contributed by atoms with Crippen LogP contribution in [0.2, 0.25) is 5.02 Å². The van der Waals surface area contributed by atoms with Gasteiger partial charge < -0.3 is 10.1 Å². The van der Waals surface area contributed by atoms with E-state index in [-0.39, 0.29) is 5.91 Å². The van der Waals surface area contributed by atoms with Crippen LogP contribution < -0.4 is 10.1 Å². The molecule has 1 heterocycles. The molecule has 1 N–H and O–H groups in total. The summed E-state index contributed by atoms with van der Waals surface area (Å²) in [6.45, 7) is 2.42. The van der Waals surface area contributed by atoms with E-state index in [1.54, 1.807) is 31.4 Å². The highest BCUT2D eigenvalue weighted by Gasteiger charge is 2.19. The molecule has 0 saturated carbocycles. The number of aryl methyl sites for hydroxylation is 1. The van der Waals surface area contributed by atoms with Crippen LogP contribution in [0.5, 0.6) is 5.75 Å². The fraction of sp³-hybridized carbons (Fsp3) is 0.125. The van der Waals surface area contributed by atoms with Gasteiger partial charge in [-0.2, -0.15) is 9.67 Å². The molecule has 156 valence electrons. The molecule has 0 radical (unpaired) electrons. The van der Waals surface area contributed by atoms with Crippen molar-refractivity contribution in [2.45, 2.75) is 13.5 Å². The Kier molecular flexibility index (Phi) is 6.00. The first-order chi connectivity index (χ1) is 15.0. The molecule has 0 unspecified atom stereocenters. The van der Waals surface area contributed by atoms with Crippen LogP contribution in [0, 0.1) is 6.92 Å². The number of nitrogens with zero attached hydrogens (tertiary/aromatic N) is 3. The lowest BCUT2D eigenvalue weighted by atomic mass is 10.1. The molecule has 6 nitrogen and oxygen atoms in total. The van der Waals surface area contributed by atoms with E-state index in [4.69, 9.17) is 16.3 Å². The molecule has 0 atom stereocenters. The third kappa shape index (κ3) is 4.59. The Balaban J connectivity index is 1.69. The van der Waals surface area contributed by atoms with Crippen LogP contribution >= 0.6 is 11.6 Å². The van der Waals surface area contributed by atoms with E-state index in [0.29, 0.717) is 34.7 Å². The quantitative estimate of drug-likeness (QED) is 0.452. The van der Waals surface area contributed by atoms with Gasteiger partial charge in [-0.25, -0.2) is 0 Å². The lowest BCUT2D eigenvalue weighted by Crippen LogP contribution is -2.17. The summed E-state index contributed by atoms with van der Waals surface area (Å²) in [6, 6.07) is 22.2. The summed E-state index contributed by atoms with van der Waals surface area (Å²) in [7, 11) is 1.58. The first-order valence-corrected chi connectivity index (χ1v) is 10.1. The van der Waals surface area contributed by atoms with Crippen LogP contribution in [0.4, 0.5) is 5.95 Å². The number of aromatic nitrogens is 3. The highest BCUT2D eigenvalue weighted by atomic mass is 35.5. The Morgan fingerprint density at radius 2 is 1.74 bits per heavy atom. The van der Waals surface area contributed by atoms with E-state index in [9.17, 15) is 4.79 Å². The normalized spacial score (nSPS) is 10.7. The monoisotopic (exact) mass is 432 g/mol. The molecular weight excluding hydrogens is 412 g/mol. The molecule has 0 aliphatic heterocycles. The van der Waals surface area contributed by atoms with Gasteiger partial charge >= 0.3 is 0 Å². The minimum atomic E-state index is -0.296. The standard InChI is InChI=1S/C24H21ClN4O2/c1-16-7-9-17(10-8-16)22-27-24(26-15-19-5-3-4-6-21(19)25)29(28-22)23(30)18-11-13-20(31-2)14-12-18/h3-14H,15H2,1-2H3,(H,26,27,28). The molecule has 7 heteroatoms. The van der Waals surface area contributed by atoms with Gasteiger partial charge in [0.2, 0.25) is 5.95 Å². The van der Waals surface area contributed by atoms with Gasteiger partial charge in [-0.3, -0.25) is 4.79 Å². The molecule has 0 aliphatic carbocycles. The van der Waals surface area contributed by atoms with Crippen molar-refractivity contribution in [2.75, 3.05) is 12.4 Å². The number of nitrogens with one attached hydrogen (secondary N) is 1. The van der Waals surface area contributed by atoms with Crippen molar-refractivity contribution in [1.29, 1.82) is 0 Å². The molecule has 4 rings (SSSR count). The van der Waals surface area contributed by atoms with Crippen molar-refractivity contribution in [3.8, 4) is 17.1 Å². The number of methoxy groups -OCH3 is 1. The number of anilines is 1. The van der Waals surface area contributed by atoms with Crippen LogP contribution in [-0.2, 0) is 6.54 Å². The summed E-state index contributed by atoms with van der Waals surface area (Å²) in [5.41, 5.74) is 3.33. The number of carbonyl (C=O) groups excluding carboxylic acids is 1. The first-order valence-electron chi connectivity index (χ1n) is 9.75. The van der Waals surface area contributed by atoms with E-state index in [1.807, 2.05) is 55.5 Å². The third-order valence-corrected chi connectivity index (χ3v) is 5.21. The van der Waals surface area contributed by atoms with Crippen molar-refractivity contribution < 1.29 is 9.53 Å². The summed E-state index contributed by atoms with van der Waals surface area (Å²) in [5, 5.41) is 8.34. The SMILES string of the molecule is COc1ccc(C(=O)n2nc(-c3ccc(C)cc3)nc2NCc2ccccc2Cl)cc1. The van der Waals surface area contributed by atoms with Crippen molar-refractivity contribution >= 4 is 23.5 Å². The second-order valence-electron chi connectivity index (χ2n) is 7.02. The number of benzene rings is 3. The van der Waals surface area contributed by atoms with Gasteiger partial charge in [0.15, 0.2) is 5.82 Å². The van der Waals surface area contributed by atoms with E-state index >= 15 is 0 Å². The second kappa shape index (κ2) is 9.02. The fourth-order valence-electron chi connectivity index (χ4n) is 3.06. The summed E-state index contributed by atoms with van der Waals surface area (Å²) < 4.78 is 6.46. The molecule has 4 aromatic rings. The average Bonchev–Trinajstić information content (AvgIpc) is 3.23. The molecule has 0 bridgehead atoms. The Morgan fingerprint density at radius 3 is 2.42 bits per heavy atom. The van der Waals surface area contributed by atoms with Crippen molar-refractivity contribution in [1.82, 2.24) is 14.8 Å². The van der Waals surface area contributed by atoms with Gasteiger partial charge in [-0.15, -0.1) is 5.10 Å². The van der Waals surface area contributed by atoms with Crippen molar-refractivity contribution in [3.05, 3.63) is 94.5 Å². The highest BCUT2D eigenvalue weighted by molar-refractivity contribution is 6.31. The fourth-order valence-corrected chi connectivity index (χ4v) is 3.27. The van der Waals surface area contributed by atoms with E-state index in [2.05, 4.69) is 15.4 Å². The van der Waals surface area contributed by atoms with Crippen molar-refractivity contribution in [3.63, 3.8) is 0 Å². The Hall–Kier alpha value is -3.64. The van der Waals surface area contributed by atoms with Crippen LogP contribution in [-0.4, -0.2) is 27.8 Å². The maximum atomic E-state index is 13.2. The van der Waals surface area contributed by atoms with E-state index in [1.165, 1.54) is 4.68 Å². The van der Waals surface area contributed by atoms with Gasteiger partial charge in [0.25, 0.3) is 5.91 Å². The zero-order chi connectivity index (χ0) is 21.8. The number of ether oxygens (including phenoxy) is 1. The lowest BCUT2D eigenvalue weighted by molar-refractivity contribution is 0.0947. The summed E-state index contributed by atoms with van der Waals surface area (Å²) in [5.74, 6) is 1.18. The predicted molar refractivity (Wildman–Crippen MR) is 122 cm³/mol. The van der Waals surface area contributed by atoms with E-state index < -0.39 is 0 Å². The van der Waals surface area contributed by atoms with Crippen LogP contribution in [0.15, 0.2) is 72.8 Å². The molecule has 0 amide bonds. The average molecular weight is 433 g/mol. The molecule has 0 fully saturated rings. The topological polar surface area (TPSA) is 69.0 Å². The van der Waals surface area contributed by atoms with Gasteiger partial charge in [0.05, 0.1) is 7.11 Å². The zero-order valence-corrected chi connectivity index (χ0v) is 17.9. The molecular formula is C24H21ClN4O2. The number of halogens is 1.